The first-order chi connectivity index (χ1) is 12.7. The van der Waals surface area contributed by atoms with E-state index in [1.165, 1.54) is 11.8 Å². The molecule has 2 atom stereocenters. The first-order valence-corrected chi connectivity index (χ1v) is 9.54. The second-order valence-corrected chi connectivity index (χ2v) is 7.42. The highest BCUT2D eigenvalue weighted by Gasteiger charge is 2.30. The molecule has 0 aromatic heterocycles. The number of morpholine rings is 1. The van der Waals surface area contributed by atoms with Gasteiger partial charge in [0.25, 0.3) is 5.91 Å². The number of hydrogen-bond acceptors (Lipinski definition) is 5. The molecule has 2 aromatic carbocycles. The Morgan fingerprint density at radius 3 is 2.54 bits per heavy atom. The summed E-state index contributed by atoms with van der Waals surface area (Å²) in [6, 6.07) is 18.5. The third kappa shape index (κ3) is 3.49. The van der Waals surface area contributed by atoms with Crippen LogP contribution in [-0.2, 0) is 9.53 Å². The van der Waals surface area contributed by atoms with Gasteiger partial charge in [-0.25, -0.2) is 0 Å². The SMILES string of the molecule is NC(=O)C1=CN(c2ccc(C3CNCCO3)cc2)C(c2ccccc2)S1. The molecule has 0 bridgehead atoms. The molecular weight excluding hydrogens is 346 g/mol. The molecule has 0 aliphatic carbocycles. The molecule has 2 unspecified atom stereocenters. The first-order valence-electron chi connectivity index (χ1n) is 8.66. The predicted molar refractivity (Wildman–Crippen MR) is 105 cm³/mol. The summed E-state index contributed by atoms with van der Waals surface area (Å²) in [5.41, 5.74) is 8.83. The zero-order valence-corrected chi connectivity index (χ0v) is 15.1. The minimum atomic E-state index is -0.392. The fourth-order valence-corrected chi connectivity index (χ4v) is 4.34. The van der Waals surface area contributed by atoms with Gasteiger partial charge in [0, 0.05) is 25.0 Å². The van der Waals surface area contributed by atoms with Crippen molar-refractivity contribution in [3.8, 4) is 0 Å². The zero-order chi connectivity index (χ0) is 17.9. The van der Waals surface area contributed by atoms with E-state index < -0.39 is 5.91 Å². The number of nitrogens with one attached hydrogen (secondary N) is 1. The van der Waals surface area contributed by atoms with Crippen LogP contribution in [0.2, 0.25) is 0 Å². The summed E-state index contributed by atoms with van der Waals surface area (Å²) in [4.78, 5) is 14.4. The van der Waals surface area contributed by atoms with Crippen LogP contribution < -0.4 is 16.0 Å². The van der Waals surface area contributed by atoms with E-state index in [0.717, 1.165) is 36.5 Å². The highest BCUT2D eigenvalue weighted by molar-refractivity contribution is 8.04. The van der Waals surface area contributed by atoms with Gasteiger partial charge in [0.1, 0.15) is 5.37 Å². The van der Waals surface area contributed by atoms with Gasteiger partial charge in [-0.1, -0.05) is 54.2 Å². The maximum absolute atomic E-state index is 11.7. The molecule has 0 radical (unpaired) electrons. The molecule has 2 aromatic rings. The second kappa shape index (κ2) is 7.53. The van der Waals surface area contributed by atoms with Gasteiger partial charge in [-0.2, -0.15) is 0 Å². The van der Waals surface area contributed by atoms with Crippen LogP contribution in [-0.4, -0.2) is 25.6 Å². The monoisotopic (exact) mass is 367 g/mol. The number of carbonyl (C=O) groups is 1. The number of thioether (sulfide) groups is 1. The Labute approximate surface area is 157 Å². The maximum Gasteiger partial charge on any atom is 0.256 e. The third-order valence-corrected chi connectivity index (χ3v) is 5.85. The number of nitrogens with two attached hydrogens (primary N) is 1. The number of benzene rings is 2. The van der Waals surface area contributed by atoms with Crippen LogP contribution in [0, 0.1) is 0 Å². The van der Waals surface area contributed by atoms with E-state index in [4.69, 9.17) is 10.5 Å². The van der Waals surface area contributed by atoms with E-state index in [0.29, 0.717) is 4.91 Å². The molecular formula is C20H21N3O2S. The number of primary amides is 1. The maximum atomic E-state index is 11.7. The van der Waals surface area contributed by atoms with Gasteiger partial charge in [0.15, 0.2) is 0 Å². The van der Waals surface area contributed by atoms with Gasteiger partial charge in [-0.3, -0.25) is 4.79 Å². The number of amides is 1. The molecule has 0 spiro atoms. The Morgan fingerprint density at radius 2 is 1.88 bits per heavy atom. The number of anilines is 1. The average Bonchev–Trinajstić information content (AvgIpc) is 3.15. The van der Waals surface area contributed by atoms with Crippen LogP contribution in [0.15, 0.2) is 65.7 Å². The second-order valence-electron chi connectivity index (χ2n) is 6.30. The summed E-state index contributed by atoms with van der Waals surface area (Å²) >= 11 is 1.48. The van der Waals surface area contributed by atoms with Gasteiger partial charge in [0.05, 0.1) is 17.6 Å². The normalized spacial score (nSPS) is 22.9. The molecule has 134 valence electrons. The largest absolute Gasteiger partial charge is 0.371 e. The Morgan fingerprint density at radius 1 is 1.12 bits per heavy atom. The standard InChI is InChI=1S/C20H21N3O2S/c21-19(24)18-13-23(20(26-18)15-4-2-1-3-5-15)16-8-6-14(7-9-16)17-12-22-10-11-25-17/h1-9,13,17,20,22H,10-12H2,(H2,21,24). The molecule has 6 heteroatoms. The van der Waals surface area contributed by atoms with Crippen molar-refractivity contribution in [2.24, 2.45) is 5.73 Å². The molecule has 0 saturated carbocycles. The number of nitrogens with zero attached hydrogens (tertiary/aromatic N) is 1. The lowest BCUT2D eigenvalue weighted by molar-refractivity contribution is -0.113. The van der Waals surface area contributed by atoms with Gasteiger partial charge in [0.2, 0.25) is 0 Å². The Hall–Kier alpha value is -2.28. The third-order valence-electron chi connectivity index (χ3n) is 4.57. The lowest BCUT2D eigenvalue weighted by atomic mass is 10.1. The van der Waals surface area contributed by atoms with E-state index >= 15 is 0 Å². The molecule has 5 nitrogen and oxygen atoms in total. The molecule has 4 rings (SSSR count). The number of hydrogen-bond donors (Lipinski definition) is 2. The molecule has 3 N–H and O–H groups in total. The summed E-state index contributed by atoms with van der Waals surface area (Å²) in [5, 5.41) is 3.35. The van der Waals surface area contributed by atoms with Crippen molar-refractivity contribution >= 4 is 23.4 Å². The van der Waals surface area contributed by atoms with E-state index in [-0.39, 0.29) is 11.5 Å². The minimum absolute atomic E-state index is 0.00264. The predicted octanol–water partition coefficient (Wildman–Crippen LogP) is 2.93. The van der Waals surface area contributed by atoms with Crippen molar-refractivity contribution in [2.75, 3.05) is 24.6 Å². The minimum Gasteiger partial charge on any atom is -0.371 e. The molecule has 1 fully saturated rings. The van der Waals surface area contributed by atoms with E-state index in [9.17, 15) is 4.79 Å². The highest BCUT2D eigenvalue weighted by Crippen LogP contribution is 2.46. The fourth-order valence-electron chi connectivity index (χ4n) is 3.22. The first kappa shape index (κ1) is 17.1. The summed E-state index contributed by atoms with van der Waals surface area (Å²) in [6.07, 6.45) is 1.94. The molecule has 2 aliphatic heterocycles. The van der Waals surface area contributed by atoms with Crippen LogP contribution in [0.25, 0.3) is 0 Å². The molecule has 1 saturated heterocycles. The highest BCUT2D eigenvalue weighted by atomic mass is 32.2. The smallest absolute Gasteiger partial charge is 0.256 e. The van der Waals surface area contributed by atoms with Crippen LogP contribution in [0.5, 0.6) is 0 Å². The van der Waals surface area contributed by atoms with Crippen LogP contribution in [0.4, 0.5) is 5.69 Å². The molecule has 2 heterocycles. The summed E-state index contributed by atoms with van der Waals surface area (Å²) < 4.78 is 5.81. The van der Waals surface area contributed by atoms with E-state index in [1.807, 2.05) is 24.4 Å². The molecule has 1 amide bonds. The molecule has 26 heavy (non-hydrogen) atoms. The average molecular weight is 367 g/mol. The summed E-state index contributed by atoms with van der Waals surface area (Å²) in [7, 11) is 0. The van der Waals surface area contributed by atoms with Crippen molar-refractivity contribution in [1.29, 1.82) is 0 Å². The van der Waals surface area contributed by atoms with Gasteiger partial charge in [-0.15, -0.1) is 0 Å². The summed E-state index contributed by atoms with van der Waals surface area (Å²) in [5.74, 6) is -0.392. The lowest BCUT2D eigenvalue weighted by Gasteiger charge is -2.27. The lowest BCUT2D eigenvalue weighted by Crippen LogP contribution is -2.33. The van der Waals surface area contributed by atoms with Crippen molar-refractivity contribution in [3.05, 3.63) is 76.8 Å². The molecule has 2 aliphatic rings. The van der Waals surface area contributed by atoms with Crippen molar-refractivity contribution in [2.45, 2.75) is 11.5 Å². The summed E-state index contributed by atoms with van der Waals surface area (Å²) in [6.45, 7) is 2.46. The van der Waals surface area contributed by atoms with Crippen LogP contribution in [0.3, 0.4) is 0 Å². The van der Waals surface area contributed by atoms with Crippen molar-refractivity contribution in [1.82, 2.24) is 5.32 Å². The zero-order valence-electron chi connectivity index (χ0n) is 14.3. The van der Waals surface area contributed by atoms with Crippen LogP contribution in [0.1, 0.15) is 22.6 Å². The van der Waals surface area contributed by atoms with Gasteiger partial charge in [-0.05, 0) is 23.3 Å². The van der Waals surface area contributed by atoms with Gasteiger partial charge < -0.3 is 20.7 Å². The van der Waals surface area contributed by atoms with Gasteiger partial charge >= 0.3 is 0 Å². The van der Waals surface area contributed by atoms with E-state index in [1.54, 1.807) is 0 Å². The van der Waals surface area contributed by atoms with E-state index in [2.05, 4.69) is 46.6 Å². The Kier molecular flexibility index (Phi) is 4.97. The van der Waals surface area contributed by atoms with Crippen molar-refractivity contribution < 1.29 is 9.53 Å². The Balaban J connectivity index is 1.61. The number of ether oxygens (including phenoxy) is 1. The number of carbonyl (C=O) groups excluding carboxylic acids is 1. The van der Waals surface area contributed by atoms with Crippen LogP contribution >= 0.6 is 11.8 Å². The number of rotatable bonds is 4. The quantitative estimate of drug-likeness (QED) is 0.870. The topological polar surface area (TPSA) is 67.6 Å². The van der Waals surface area contributed by atoms with Crippen molar-refractivity contribution in [3.63, 3.8) is 0 Å². The fraction of sp³-hybridized carbons (Fsp3) is 0.250. The Bertz CT molecular complexity index is 802.